The number of rotatable bonds is 4. The average Bonchev–Trinajstić information content (AvgIpc) is 2.84. The van der Waals surface area contributed by atoms with E-state index in [9.17, 15) is 9.90 Å². The number of carboxylic acid groups (broad SMARTS) is 1. The van der Waals surface area contributed by atoms with Crippen LogP contribution in [0.4, 0.5) is 0 Å². The molecule has 3 atom stereocenters. The van der Waals surface area contributed by atoms with Crippen LogP contribution in [0.1, 0.15) is 38.0 Å². The van der Waals surface area contributed by atoms with E-state index in [0.717, 1.165) is 19.3 Å². The van der Waals surface area contributed by atoms with Crippen LogP contribution in [0.5, 0.6) is 0 Å². The van der Waals surface area contributed by atoms with Gasteiger partial charge >= 0.3 is 5.97 Å². The van der Waals surface area contributed by atoms with E-state index in [2.05, 4.69) is 19.2 Å². The number of hydrogen-bond donors (Lipinski definition) is 2. The van der Waals surface area contributed by atoms with Gasteiger partial charge in [0.05, 0.1) is 0 Å². The summed E-state index contributed by atoms with van der Waals surface area (Å²) in [6.07, 6.45) is 2.87. The summed E-state index contributed by atoms with van der Waals surface area (Å²) in [7, 11) is 0. The van der Waals surface area contributed by atoms with E-state index in [1.54, 1.807) is 11.3 Å². The van der Waals surface area contributed by atoms with Gasteiger partial charge in [0.2, 0.25) is 0 Å². The van der Waals surface area contributed by atoms with Gasteiger partial charge < -0.3 is 5.11 Å². The quantitative estimate of drug-likeness (QED) is 0.881. The topological polar surface area (TPSA) is 49.3 Å². The van der Waals surface area contributed by atoms with Gasteiger partial charge in [0.25, 0.3) is 0 Å². The van der Waals surface area contributed by atoms with Gasteiger partial charge in [-0.1, -0.05) is 32.8 Å². The van der Waals surface area contributed by atoms with Crippen molar-refractivity contribution >= 4 is 17.3 Å². The summed E-state index contributed by atoms with van der Waals surface area (Å²) < 4.78 is 0. The van der Waals surface area contributed by atoms with Crippen LogP contribution in [0.15, 0.2) is 17.5 Å². The molecule has 1 aliphatic carbocycles. The van der Waals surface area contributed by atoms with Crippen LogP contribution in [-0.4, -0.2) is 16.6 Å². The van der Waals surface area contributed by atoms with E-state index in [4.69, 9.17) is 0 Å². The van der Waals surface area contributed by atoms with Gasteiger partial charge in [0.1, 0.15) is 5.54 Å². The van der Waals surface area contributed by atoms with E-state index < -0.39 is 11.5 Å². The Bertz CT molecular complexity index is 404. The lowest BCUT2D eigenvalue weighted by molar-refractivity contribution is -0.150. The minimum absolute atomic E-state index is 0.170. The monoisotopic (exact) mass is 267 g/mol. The van der Waals surface area contributed by atoms with E-state index >= 15 is 0 Å². The Morgan fingerprint density at radius 2 is 2.39 bits per heavy atom. The van der Waals surface area contributed by atoms with Crippen LogP contribution in [0.2, 0.25) is 0 Å². The first kappa shape index (κ1) is 13.6. The van der Waals surface area contributed by atoms with Crippen molar-refractivity contribution in [3.05, 3.63) is 22.4 Å². The van der Waals surface area contributed by atoms with Gasteiger partial charge in [-0.15, -0.1) is 11.3 Å². The highest BCUT2D eigenvalue weighted by Gasteiger charge is 2.47. The highest BCUT2D eigenvalue weighted by atomic mass is 32.1. The molecule has 0 saturated heterocycles. The van der Waals surface area contributed by atoms with E-state index in [-0.39, 0.29) is 5.92 Å². The van der Waals surface area contributed by atoms with Crippen LogP contribution < -0.4 is 5.32 Å². The smallest absolute Gasteiger partial charge is 0.324 e. The lowest BCUT2D eigenvalue weighted by Gasteiger charge is -2.43. The maximum Gasteiger partial charge on any atom is 0.324 e. The molecule has 1 heterocycles. The van der Waals surface area contributed by atoms with Gasteiger partial charge in [-0.2, -0.15) is 0 Å². The Labute approximate surface area is 112 Å². The molecule has 0 amide bonds. The number of aliphatic carboxylic acids is 1. The molecule has 0 spiro atoms. The first-order valence-corrected chi connectivity index (χ1v) is 7.45. The lowest BCUT2D eigenvalue weighted by atomic mass is 9.68. The average molecular weight is 267 g/mol. The van der Waals surface area contributed by atoms with Gasteiger partial charge in [-0.25, -0.2) is 0 Å². The maximum atomic E-state index is 11.7. The van der Waals surface area contributed by atoms with E-state index in [1.807, 2.05) is 17.5 Å². The van der Waals surface area contributed by atoms with Crippen molar-refractivity contribution in [2.45, 2.75) is 45.2 Å². The SMILES string of the molecule is CC1CCCC(NCc2cccs2)(C(=O)O)C1C. The molecule has 0 aliphatic heterocycles. The Kier molecular flexibility index (Phi) is 4.07. The molecule has 0 bridgehead atoms. The second-order valence-corrected chi connectivity index (χ2v) is 6.40. The molecular formula is C14H21NO2S. The predicted octanol–water partition coefficient (Wildman–Crippen LogP) is 3.12. The Morgan fingerprint density at radius 3 is 3.00 bits per heavy atom. The number of thiophene rings is 1. The molecule has 3 nitrogen and oxygen atoms in total. The molecular weight excluding hydrogens is 246 g/mol. The van der Waals surface area contributed by atoms with Crippen LogP contribution in [-0.2, 0) is 11.3 Å². The summed E-state index contributed by atoms with van der Waals surface area (Å²) in [5.74, 6) is -0.0625. The standard InChI is InChI=1S/C14H21NO2S/c1-10-5-3-7-14(11(10)2,13(16)17)15-9-12-6-4-8-18-12/h4,6,8,10-11,15H,3,5,7,9H2,1-2H3,(H,16,17). The second-order valence-electron chi connectivity index (χ2n) is 5.37. The molecule has 1 aromatic heterocycles. The third-order valence-corrected chi connectivity index (χ3v) is 5.28. The summed E-state index contributed by atoms with van der Waals surface area (Å²) in [5, 5.41) is 15.0. The van der Waals surface area contributed by atoms with Gasteiger partial charge in [-0.05, 0) is 29.7 Å². The molecule has 2 rings (SSSR count). The third kappa shape index (κ3) is 2.45. The largest absolute Gasteiger partial charge is 0.480 e. The second kappa shape index (κ2) is 5.41. The maximum absolute atomic E-state index is 11.7. The molecule has 1 aliphatic rings. The molecule has 2 N–H and O–H groups in total. The summed E-state index contributed by atoms with van der Waals surface area (Å²) in [5.41, 5.74) is -0.748. The summed E-state index contributed by atoms with van der Waals surface area (Å²) in [4.78, 5) is 12.9. The van der Waals surface area contributed by atoms with Crippen molar-refractivity contribution in [3.8, 4) is 0 Å². The van der Waals surface area contributed by atoms with Crippen molar-refractivity contribution in [2.75, 3.05) is 0 Å². The summed E-state index contributed by atoms with van der Waals surface area (Å²) in [6, 6.07) is 4.05. The number of nitrogens with one attached hydrogen (secondary N) is 1. The van der Waals surface area contributed by atoms with Crippen molar-refractivity contribution in [1.29, 1.82) is 0 Å². The van der Waals surface area contributed by atoms with Gasteiger partial charge in [0.15, 0.2) is 0 Å². The predicted molar refractivity (Wildman–Crippen MR) is 73.7 cm³/mol. The van der Waals surface area contributed by atoms with Crippen molar-refractivity contribution in [2.24, 2.45) is 11.8 Å². The van der Waals surface area contributed by atoms with Crippen LogP contribution in [0.25, 0.3) is 0 Å². The molecule has 4 heteroatoms. The van der Waals surface area contributed by atoms with Crippen LogP contribution >= 0.6 is 11.3 Å². The van der Waals surface area contributed by atoms with Gasteiger partial charge in [0, 0.05) is 11.4 Å². The van der Waals surface area contributed by atoms with Crippen molar-refractivity contribution in [1.82, 2.24) is 5.32 Å². The van der Waals surface area contributed by atoms with E-state index in [0.29, 0.717) is 12.5 Å². The third-order valence-electron chi connectivity index (χ3n) is 4.40. The lowest BCUT2D eigenvalue weighted by Crippen LogP contribution is -2.59. The Morgan fingerprint density at radius 1 is 1.61 bits per heavy atom. The van der Waals surface area contributed by atoms with Gasteiger partial charge in [-0.3, -0.25) is 10.1 Å². The highest BCUT2D eigenvalue weighted by molar-refractivity contribution is 7.09. The fraction of sp³-hybridized carbons (Fsp3) is 0.643. The molecule has 0 aromatic carbocycles. The van der Waals surface area contributed by atoms with Crippen molar-refractivity contribution < 1.29 is 9.90 Å². The number of carbonyl (C=O) groups is 1. The van der Waals surface area contributed by atoms with E-state index in [1.165, 1.54) is 4.88 Å². The molecule has 100 valence electrons. The molecule has 1 saturated carbocycles. The molecule has 0 radical (unpaired) electrons. The first-order valence-electron chi connectivity index (χ1n) is 6.57. The molecule has 1 fully saturated rings. The summed E-state index contributed by atoms with van der Waals surface area (Å²) in [6.45, 7) is 4.88. The number of carboxylic acids is 1. The fourth-order valence-electron chi connectivity index (χ4n) is 2.95. The van der Waals surface area contributed by atoms with Crippen molar-refractivity contribution in [3.63, 3.8) is 0 Å². The molecule has 18 heavy (non-hydrogen) atoms. The summed E-state index contributed by atoms with van der Waals surface area (Å²) >= 11 is 1.67. The minimum atomic E-state index is -0.748. The Balaban J connectivity index is 2.13. The van der Waals surface area contributed by atoms with Crippen LogP contribution in [0.3, 0.4) is 0 Å². The highest BCUT2D eigenvalue weighted by Crippen LogP contribution is 2.38. The fourth-order valence-corrected chi connectivity index (χ4v) is 3.60. The number of hydrogen-bond acceptors (Lipinski definition) is 3. The molecule has 3 unspecified atom stereocenters. The Hall–Kier alpha value is -0.870. The zero-order valence-electron chi connectivity index (χ0n) is 11.0. The normalized spacial score (nSPS) is 32.3. The minimum Gasteiger partial charge on any atom is -0.480 e. The first-order chi connectivity index (χ1) is 8.56. The molecule has 1 aromatic rings. The van der Waals surface area contributed by atoms with Crippen LogP contribution in [0, 0.1) is 11.8 Å². The zero-order valence-corrected chi connectivity index (χ0v) is 11.8. The zero-order chi connectivity index (χ0) is 13.2.